The third kappa shape index (κ3) is 2.35. The van der Waals surface area contributed by atoms with E-state index >= 15 is 0 Å². The van der Waals surface area contributed by atoms with Gasteiger partial charge in [0.25, 0.3) is 0 Å². The number of nitrogens with zero attached hydrogens (tertiary/aromatic N) is 1. The minimum Gasteiger partial charge on any atom is -0.446 e. The lowest BCUT2D eigenvalue weighted by Gasteiger charge is -1.89. The normalized spacial score (nSPS) is 10.4. The molecule has 3 heteroatoms. The number of hydrogen-bond donors (Lipinski definition) is 1. The van der Waals surface area contributed by atoms with Crippen molar-refractivity contribution in [2.45, 2.75) is 26.2 Å². The Bertz CT molecular complexity index is 187. The van der Waals surface area contributed by atoms with E-state index in [1.54, 1.807) is 6.20 Å². The summed E-state index contributed by atoms with van der Waals surface area (Å²) in [5, 5.41) is 8.56. The number of aliphatic hydroxyl groups is 1. The van der Waals surface area contributed by atoms with Gasteiger partial charge in [-0.15, -0.1) is 0 Å². The van der Waals surface area contributed by atoms with E-state index in [9.17, 15) is 0 Å². The third-order valence-corrected chi connectivity index (χ3v) is 1.42. The average Bonchev–Trinajstić information content (AvgIpc) is 2.38. The highest BCUT2D eigenvalue weighted by atomic mass is 16.4. The zero-order valence-electron chi connectivity index (χ0n) is 6.71. The number of oxazole rings is 1. The molecule has 3 nitrogen and oxygen atoms in total. The number of aromatic nitrogens is 1. The molecule has 0 aliphatic heterocycles. The van der Waals surface area contributed by atoms with Crippen molar-refractivity contribution in [1.82, 2.24) is 4.98 Å². The summed E-state index contributed by atoms with van der Waals surface area (Å²) in [5.41, 5.74) is 0. The molecule has 1 aromatic heterocycles. The van der Waals surface area contributed by atoms with Crippen molar-refractivity contribution in [1.29, 1.82) is 0 Å². The van der Waals surface area contributed by atoms with Crippen LogP contribution in [0.5, 0.6) is 0 Å². The van der Waals surface area contributed by atoms with Crippen LogP contribution in [0.4, 0.5) is 0 Å². The fraction of sp³-hybridized carbons (Fsp3) is 0.625. The predicted molar refractivity (Wildman–Crippen MR) is 41.3 cm³/mol. The summed E-state index contributed by atoms with van der Waals surface area (Å²) in [5.74, 6) is 1.55. The molecule has 0 aromatic carbocycles. The first-order valence-electron chi connectivity index (χ1n) is 3.91. The van der Waals surface area contributed by atoms with E-state index in [4.69, 9.17) is 9.52 Å². The molecule has 0 fully saturated rings. The minimum atomic E-state index is 0.103. The Morgan fingerprint density at radius 2 is 2.36 bits per heavy atom. The molecule has 0 radical (unpaired) electrons. The van der Waals surface area contributed by atoms with Gasteiger partial charge in [-0.25, -0.2) is 4.98 Å². The second-order valence-electron chi connectivity index (χ2n) is 2.44. The molecule has 11 heavy (non-hydrogen) atoms. The Labute approximate surface area is 66.1 Å². The highest BCUT2D eigenvalue weighted by Crippen LogP contribution is 2.05. The molecule has 1 heterocycles. The third-order valence-electron chi connectivity index (χ3n) is 1.42. The lowest BCUT2D eigenvalue weighted by Crippen LogP contribution is -1.88. The minimum absolute atomic E-state index is 0.103. The van der Waals surface area contributed by atoms with Crippen molar-refractivity contribution in [2.75, 3.05) is 6.61 Å². The Balaban J connectivity index is 2.51. The highest BCUT2D eigenvalue weighted by Gasteiger charge is 2.00. The van der Waals surface area contributed by atoms with Crippen LogP contribution < -0.4 is 0 Å². The van der Waals surface area contributed by atoms with Crippen molar-refractivity contribution in [3.8, 4) is 0 Å². The molecule has 0 atom stereocenters. The quantitative estimate of drug-likeness (QED) is 0.709. The average molecular weight is 155 g/mol. The van der Waals surface area contributed by atoms with Crippen LogP contribution in [0.25, 0.3) is 0 Å². The maximum Gasteiger partial charge on any atom is 0.196 e. The van der Waals surface area contributed by atoms with Gasteiger partial charge in [-0.3, -0.25) is 0 Å². The number of aryl methyl sites for hydroxylation is 1. The zero-order valence-corrected chi connectivity index (χ0v) is 6.71. The van der Waals surface area contributed by atoms with Crippen molar-refractivity contribution in [2.24, 2.45) is 0 Å². The molecule has 1 rings (SSSR count). The second kappa shape index (κ2) is 4.13. The van der Waals surface area contributed by atoms with E-state index in [1.807, 2.05) is 0 Å². The Morgan fingerprint density at radius 3 is 3.00 bits per heavy atom. The van der Waals surface area contributed by atoms with Gasteiger partial charge >= 0.3 is 0 Å². The van der Waals surface area contributed by atoms with Crippen molar-refractivity contribution in [3.63, 3.8) is 0 Å². The summed E-state index contributed by atoms with van der Waals surface area (Å²) in [4.78, 5) is 4.00. The number of rotatable bonds is 4. The molecule has 0 aliphatic rings. The first-order chi connectivity index (χ1) is 5.36. The monoisotopic (exact) mass is 155 g/mol. The standard InChI is InChI=1S/C8H13NO2/c1-2-3-7-6-9-8(11-7)4-5-10/h6,10H,2-5H2,1H3. The maximum absolute atomic E-state index is 8.56. The van der Waals surface area contributed by atoms with Crippen LogP contribution in [-0.4, -0.2) is 16.7 Å². The zero-order chi connectivity index (χ0) is 8.10. The molecule has 0 spiro atoms. The van der Waals surface area contributed by atoms with Gasteiger partial charge in [0.2, 0.25) is 0 Å². The van der Waals surface area contributed by atoms with Gasteiger partial charge in [-0.1, -0.05) is 6.92 Å². The van der Waals surface area contributed by atoms with Gasteiger partial charge in [0.15, 0.2) is 5.89 Å². The molecule has 0 saturated carbocycles. The van der Waals surface area contributed by atoms with E-state index in [-0.39, 0.29) is 6.61 Å². The van der Waals surface area contributed by atoms with E-state index in [1.165, 1.54) is 0 Å². The topological polar surface area (TPSA) is 46.3 Å². The van der Waals surface area contributed by atoms with Crippen molar-refractivity contribution >= 4 is 0 Å². The first-order valence-corrected chi connectivity index (χ1v) is 3.91. The second-order valence-corrected chi connectivity index (χ2v) is 2.44. The molecule has 0 saturated heterocycles. The van der Waals surface area contributed by atoms with Gasteiger partial charge < -0.3 is 9.52 Å². The van der Waals surface area contributed by atoms with Gasteiger partial charge in [0, 0.05) is 12.8 Å². The van der Waals surface area contributed by atoms with E-state index in [0.717, 1.165) is 18.6 Å². The predicted octanol–water partition coefficient (Wildman–Crippen LogP) is 1.16. The van der Waals surface area contributed by atoms with Crippen LogP contribution in [0, 0.1) is 0 Å². The molecule has 0 unspecified atom stereocenters. The van der Waals surface area contributed by atoms with Crippen LogP contribution in [0.15, 0.2) is 10.6 Å². The highest BCUT2D eigenvalue weighted by molar-refractivity contribution is 4.94. The van der Waals surface area contributed by atoms with Crippen LogP contribution in [0.2, 0.25) is 0 Å². The fourth-order valence-electron chi connectivity index (χ4n) is 0.921. The summed E-state index contributed by atoms with van der Waals surface area (Å²) >= 11 is 0. The first kappa shape index (κ1) is 8.27. The van der Waals surface area contributed by atoms with Crippen molar-refractivity contribution < 1.29 is 9.52 Å². The largest absolute Gasteiger partial charge is 0.446 e. The van der Waals surface area contributed by atoms with Gasteiger partial charge in [0.1, 0.15) is 5.76 Å². The fourth-order valence-corrected chi connectivity index (χ4v) is 0.921. The molecule has 1 N–H and O–H groups in total. The smallest absolute Gasteiger partial charge is 0.196 e. The summed E-state index contributed by atoms with van der Waals surface area (Å²) in [6.45, 7) is 2.19. The Kier molecular flexibility index (Phi) is 3.11. The molecule has 62 valence electrons. The molecular weight excluding hydrogens is 142 g/mol. The lowest BCUT2D eigenvalue weighted by atomic mass is 10.3. The van der Waals surface area contributed by atoms with Crippen LogP contribution in [0.3, 0.4) is 0 Å². The van der Waals surface area contributed by atoms with E-state index in [2.05, 4.69) is 11.9 Å². The number of aliphatic hydroxyl groups excluding tert-OH is 1. The van der Waals surface area contributed by atoms with Gasteiger partial charge in [-0.2, -0.15) is 0 Å². The van der Waals surface area contributed by atoms with Crippen molar-refractivity contribution in [3.05, 3.63) is 17.8 Å². The summed E-state index contributed by atoms with van der Waals surface area (Å²) in [6.07, 6.45) is 4.24. The van der Waals surface area contributed by atoms with Crippen LogP contribution in [-0.2, 0) is 12.8 Å². The van der Waals surface area contributed by atoms with Gasteiger partial charge in [0.05, 0.1) is 12.8 Å². The Hall–Kier alpha value is -0.830. The van der Waals surface area contributed by atoms with E-state index in [0.29, 0.717) is 12.3 Å². The molecule has 1 aromatic rings. The SMILES string of the molecule is CCCc1cnc(CCO)o1. The van der Waals surface area contributed by atoms with Gasteiger partial charge in [-0.05, 0) is 6.42 Å². The molecule has 0 bridgehead atoms. The van der Waals surface area contributed by atoms with Crippen LogP contribution in [0.1, 0.15) is 25.0 Å². The lowest BCUT2D eigenvalue weighted by molar-refractivity contribution is 0.283. The molecule has 0 amide bonds. The molecule has 0 aliphatic carbocycles. The molecular formula is C8H13NO2. The summed E-state index contributed by atoms with van der Waals surface area (Å²) in [7, 11) is 0. The van der Waals surface area contributed by atoms with Crippen LogP contribution >= 0.6 is 0 Å². The Morgan fingerprint density at radius 1 is 1.55 bits per heavy atom. The summed E-state index contributed by atoms with van der Waals surface area (Å²) < 4.78 is 5.29. The number of hydrogen-bond acceptors (Lipinski definition) is 3. The maximum atomic E-state index is 8.56. The van der Waals surface area contributed by atoms with E-state index < -0.39 is 0 Å². The summed E-state index contributed by atoms with van der Waals surface area (Å²) in [6, 6.07) is 0.